The van der Waals surface area contributed by atoms with Crippen molar-refractivity contribution < 1.29 is 0 Å². The predicted molar refractivity (Wildman–Crippen MR) is 289 cm³/mol. The van der Waals surface area contributed by atoms with Crippen molar-refractivity contribution in [1.29, 1.82) is 0 Å². The number of nitrogens with zero attached hydrogens (tertiary/aromatic N) is 2. The minimum absolute atomic E-state index is 1.15. The van der Waals surface area contributed by atoms with Gasteiger partial charge in [0.1, 0.15) is 0 Å². The summed E-state index contributed by atoms with van der Waals surface area (Å²) in [6.07, 6.45) is 0. The lowest BCUT2D eigenvalue weighted by molar-refractivity contribution is 1.18. The first-order chi connectivity index (χ1) is 33.8. The van der Waals surface area contributed by atoms with Gasteiger partial charge in [0.25, 0.3) is 0 Å². The Labute approximate surface area is 393 Å². The normalized spacial score (nSPS) is 11.8. The summed E-state index contributed by atoms with van der Waals surface area (Å²) in [5, 5.41) is 12.3. The highest BCUT2D eigenvalue weighted by molar-refractivity contribution is 6.24. The summed E-state index contributed by atoms with van der Waals surface area (Å²) in [7, 11) is 0. The van der Waals surface area contributed by atoms with Crippen molar-refractivity contribution in [3.63, 3.8) is 0 Å². The van der Waals surface area contributed by atoms with Crippen LogP contribution in [0.1, 0.15) is 0 Å². The van der Waals surface area contributed by atoms with Crippen LogP contribution in [0.3, 0.4) is 0 Å². The standard InChI is InChI=1S/C66H42N2/c1-4-19-43(20-5-1)48-28-14-21-44-41-45(39-40-49(44)48)64-54-31-15-29-50(56-33-17-35-58-52-26-10-12-37-62(52)67(65(56)58)46-22-6-2-7-23-46)60(54)42-61-51(30-16-32-55(61)64)57-34-18-36-59-53-27-11-13-38-63(53)68(66(57)59)47-24-8-3-9-25-47/h1-42H. The molecule has 0 atom stereocenters. The molecule has 0 amide bonds. The van der Waals surface area contributed by atoms with Crippen molar-refractivity contribution >= 4 is 75.9 Å². The predicted octanol–water partition coefficient (Wildman–Crippen LogP) is 18.0. The molecule has 12 aromatic carbocycles. The third-order valence-electron chi connectivity index (χ3n) is 14.3. The van der Waals surface area contributed by atoms with Crippen LogP contribution >= 0.6 is 0 Å². The minimum atomic E-state index is 1.15. The molecule has 0 unspecified atom stereocenters. The summed E-state index contributed by atoms with van der Waals surface area (Å²) in [5.41, 5.74) is 16.8. The van der Waals surface area contributed by atoms with E-state index in [1.54, 1.807) is 0 Å². The molecular weight excluding hydrogens is 821 g/mol. The maximum atomic E-state index is 2.50. The second-order valence-electron chi connectivity index (χ2n) is 17.9. The van der Waals surface area contributed by atoms with Crippen molar-refractivity contribution in [1.82, 2.24) is 9.13 Å². The third kappa shape index (κ3) is 5.78. The molecule has 0 aliphatic rings. The highest BCUT2D eigenvalue weighted by Crippen LogP contribution is 2.48. The van der Waals surface area contributed by atoms with Crippen molar-refractivity contribution in [3.05, 3.63) is 255 Å². The summed E-state index contributed by atoms with van der Waals surface area (Å²) in [4.78, 5) is 0. The van der Waals surface area contributed by atoms with Crippen LogP contribution in [0.5, 0.6) is 0 Å². The molecular formula is C66H42N2. The molecule has 0 spiro atoms. The summed E-state index contributed by atoms with van der Waals surface area (Å²) in [6, 6.07) is 94.0. The van der Waals surface area contributed by atoms with Gasteiger partial charge in [-0.25, -0.2) is 0 Å². The summed E-state index contributed by atoms with van der Waals surface area (Å²) >= 11 is 0. The molecule has 0 radical (unpaired) electrons. The van der Waals surface area contributed by atoms with Gasteiger partial charge in [0.2, 0.25) is 0 Å². The molecule has 2 heteroatoms. The number of fused-ring (bicyclic) bond motifs is 9. The van der Waals surface area contributed by atoms with E-state index in [-0.39, 0.29) is 0 Å². The van der Waals surface area contributed by atoms with Gasteiger partial charge in [-0.1, -0.05) is 206 Å². The molecule has 0 aliphatic heterocycles. The van der Waals surface area contributed by atoms with Crippen LogP contribution in [-0.4, -0.2) is 9.13 Å². The molecule has 0 saturated heterocycles. The number of hydrogen-bond acceptors (Lipinski definition) is 0. The zero-order valence-corrected chi connectivity index (χ0v) is 37.1. The van der Waals surface area contributed by atoms with E-state index in [1.807, 2.05) is 0 Å². The van der Waals surface area contributed by atoms with Crippen LogP contribution in [0, 0.1) is 0 Å². The van der Waals surface area contributed by atoms with Gasteiger partial charge >= 0.3 is 0 Å². The molecule has 2 nitrogen and oxygen atoms in total. The lowest BCUT2D eigenvalue weighted by Crippen LogP contribution is -1.97. The molecule has 0 aliphatic carbocycles. The number of aromatic nitrogens is 2. The Morgan fingerprint density at radius 1 is 0.221 bits per heavy atom. The fourth-order valence-electron chi connectivity index (χ4n) is 11.4. The lowest BCUT2D eigenvalue weighted by Gasteiger charge is -2.19. The van der Waals surface area contributed by atoms with Gasteiger partial charge in [0, 0.05) is 44.0 Å². The van der Waals surface area contributed by atoms with Crippen molar-refractivity contribution in [3.8, 4) is 55.9 Å². The van der Waals surface area contributed by atoms with E-state index >= 15 is 0 Å². The summed E-state index contributed by atoms with van der Waals surface area (Å²) in [6.45, 7) is 0. The number of hydrogen-bond donors (Lipinski definition) is 0. The fraction of sp³-hybridized carbons (Fsp3) is 0. The van der Waals surface area contributed by atoms with E-state index in [0.717, 1.165) is 11.4 Å². The van der Waals surface area contributed by atoms with Crippen LogP contribution in [0.2, 0.25) is 0 Å². The maximum Gasteiger partial charge on any atom is 0.0619 e. The van der Waals surface area contributed by atoms with Crippen LogP contribution < -0.4 is 0 Å². The Hall–Kier alpha value is -8.98. The van der Waals surface area contributed by atoms with E-state index in [2.05, 4.69) is 264 Å². The Morgan fingerprint density at radius 3 is 1.19 bits per heavy atom. The average molecular weight is 863 g/mol. The van der Waals surface area contributed by atoms with E-state index in [4.69, 9.17) is 0 Å². The SMILES string of the molecule is c1ccc(-c2cccc3cc(-c4c5cccc(-c6cccc7c8ccccc8n(-c8ccccc8)c67)c5cc5c(-c6cccc7c8ccccc8n(-c8ccccc8)c67)cccc45)ccc23)cc1. The third-order valence-corrected chi connectivity index (χ3v) is 14.3. The Kier molecular flexibility index (Phi) is 8.62. The van der Waals surface area contributed by atoms with Gasteiger partial charge in [0.15, 0.2) is 0 Å². The molecule has 0 N–H and O–H groups in total. The molecule has 316 valence electrons. The van der Waals surface area contributed by atoms with E-state index in [0.29, 0.717) is 0 Å². The zero-order valence-electron chi connectivity index (χ0n) is 37.1. The zero-order chi connectivity index (χ0) is 44.7. The van der Waals surface area contributed by atoms with Gasteiger partial charge in [-0.3, -0.25) is 0 Å². The van der Waals surface area contributed by atoms with Gasteiger partial charge in [-0.15, -0.1) is 0 Å². The van der Waals surface area contributed by atoms with Crippen LogP contribution in [-0.2, 0) is 0 Å². The quantitative estimate of drug-likeness (QED) is 0.147. The van der Waals surface area contributed by atoms with Gasteiger partial charge < -0.3 is 9.13 Å². The smallest absolute Gasteiger partial charge is 0.0619 e. The Morgan fingerprint density at radius 2 is 0.647 bits per heavy atom. The van der Waals surface area contributed by atoms with Crippen LogP contribution in [0.25, 0.3) is 132 Å². The van der Waals surface area contributed by atoms with Gasteiger partial charge in [0.05, 0.1) is 22.1 Å². The topological polar surface area (TPSA) is 9.86 Å². The van der Waals surface area contributed by atoms with Crippen LogP contribution in [0.4, 0.5) is 0 Å². The second kappa shape index (κ2) is 15.3. The largest absolute Gasteiger partial charge is 0.309 e. The minimum Gasteiger partial charge on any atom is -0.309 e. The molecule has 2 heterocycles. The molecule has 0 bridgehead atoms. The Bertz CT molecular complexity index is 4080. The molecule has 68 heavy (non-hydrogen) atoms. The summed E-state index contributed by atoms with van der Waals surface area (Å²) in [5.74, 6) is 0. The number of benzene rings is 12. The van der Waals surface area contributed by atoms with Gasteiger partial charge in [-0.2, -0.15) is 0 Å². The van der Waals surface area contributed by atoms with Crippen molar-refractivity contribution in [2.24, 2.45) is 0 Å². The van der Waals surface area contributed by atoms with Gasteiger partial charge in [-0.05, 0) is 114 Å². The summed E-state index contributed by atoms with van der Waals surface area (Å²) < 4.78 is 4.92. The molecule has 14 aromatic rings. The maximum absolute atomic E-state index is 2.50. The Balaban J connectivity index is 1.11. The van der Waals surface area contributed by atoms with E-state index < -0.39 is 0 Å². The highest BCUT2D eigenvalue weighted by Gasteiger charge is 2.23. The fourth-order valence-corrected chi connectivity index (χ4v) is 11.4. The highest BCUT2D eigenvalue weighted by atomic mass is 15.0. The molecule has 0 fully saturated rings. The average Bonchev–Trinajstić information content (AvgIpc) is 3.94. The number of rotatable bonds is 6. The first-order valence-corrected chi connectivity index (χ1v) is 23.5. The van der Waals surface area contributed by atoms with Crippen LogP contribution in [0.15, 0.2) is 255 Å². The van der Waals surface area contributed by atoms with Crippen molar-refractivity contribution in [2.75, 3.05) is 0 Å². The lowest BCUT2D eigenvalue weighted by atomic mass is 9.85. The second-order valence-corrected chi connectivity index (χ2v) is 17.9. The monoisotopic (exact) mass is 862 g/mol. The van der Waals surface area contributed by atoms with E-state index in [1.165, 1.54) is 120 Å². The molecule has 2 aromatic heterocycles. The van der Waals surface area contributed by atoms with E-state index in [9.17, 15) is 0 Å². The molecule has 14 rings (SSSR count). The molecule has 0 saturated carbocycles. The van der Waals surface area contributed by atoms with Crippen molar-refractivity contribution in [2.45, 2.75) is 0 Å². The first kappa shape index (κ1) is 38.3. The first-order valence-electron chi connectivity index (χ1n) is 23.5. The number of para-hydroxylation sites is 6.